The van der Waals surface area contributed by atoms with Gasteiger partial charge in [0.15, 0.2) is 5.65 Å². The van der Waals surface area contributed by atoms with E-state index in [2.05, 4.69) is 30.7 Å². The van der Waals surface area contributed by atoms with Gasteiger partial charge in [0.05, 0.1) is 11.9 Å². The average molecular weight is 190 g/mol. The molecule has 0 aliphatic heterocycles. The summed E-state index contributed by atoms with van der Waals surface area (Å²) in [5.74, 6) is 0.588. The number of rotatable bonds is 0. The highest BCUT2D eigenvalue weighted by Gasteiger charge is 2.22. The Labute approximate surface area is 82.8 Å². The molecular weight excluding hydrogens is 176 g/mol. The summed E-state index contributed by atoms with van der Waals surface area (Å²) in [6.07, 6.45) is 5.34. The predicted molar refractivity (Wildman–Crippen MR) is 56.1 cm³/mol. The van der Waals surface area contributed by atoms with Crippen LogP contribution in [0.2, 0.25) is 0 Å². The van der Waals surface area contributed by atoms with Gasteiger partial charge in [-0.05, 0) is 0 Å². The van der Waals surface area contributed by atoms with Gasteiger partial charge >= 0.3 is 0 Å². The standard InChI is InChI=1S/C10H14N4/c1-10(2,3)8-9(11)13-7-6-12-4-5-14(7)8/h4-6H,11H2,1-3H3. The van der Waals surface area contributed by atoms with Crippen LogP contribution in [0.1, 0.15) is 26.5 Å². The largest absolute Gasteiger partial charge is 0.382 e. The van der Waals surface area contributed by atoms with E-state index < -0.39 is 0 Å². The van der Waals surface area contributed by atoms with Crippen LogP contribution in [-0.2, 0) is 5.41 Å². The molecule has 0 atom stereocenters. The van der Waals surface area contributed by atoms with E-state index in [1.54, 1.807) is 12.4 Å². The molecule has 0 saturated carbocycles. The van der Waals surface area contributed by atoms with E-state index >= 15 is 0 Å². The van der Waals surface area contributed by atoms with Crippen LogP contribution in [0.4, 0.5) is 5.82 Å². The van der Waals surface area contributed by atoms with Crippen LogP contribution in [0.25, 0.3) is 5.65 Å². The third-order valence-electron chi connectivity index (χ3n) is 2.17. The van der Waals surface area contributed by atoms with Gasteiger partial charge in [-0.25, -0.2) is 4.98 Å². The molecule has 0 unspecified atom stereocenters. The molecule has 0 spiro atoms. The second-order valence-corrected chi connectivity index (χ2v) is 4.40. The minimum Gasteiger partial charge on any atom is -0.382 e. The van der Waals surface area contributed by atoms with Gasteiger partial charge in [-0.3, -0.25) is 9.38 Å². The summed E-state index contributed by atoms with van der Waals surface area (Å²) in [4.78, 5) is 8.27. The van der Waals surface area contributed by atoms with Gasteiger partial charge in [0.2, 0.25) is 0 Å². The van der Waals surface area contributed by atoms with Crippen molar-refractivity contribution < 1.29 is 0 Å². The molecule has 0 amide bonds. The predicted octanol–water partition coefficient (Wildman–Crippen LogP) is 1.61. The molecule has 14 heavy (non-hydrogen) atoms. The second kappa shape index (κ2) is 2.70. The number of nitrogen functional groups attached to an aromatic ring is 1. The van der Waals surface area contributed by atoms with Crippen LogP contribution in [0.5, 0.6) is 0 Å². The van der Waals surface area contributed by atoms with E-state index in [1.807, 2.05) is 10.6 Å². The van der Waals surface area contributed by atoms with Crippen molar-refractivity contribution in [3.05, 3.63) is 24.3 Å². The molecule has 0 bridgehead atoms. The van der Waals surface area contributed by atoms with Gasteiger partial charge < -0.3 is 5.73 Å². The molecule has 74 valence electrons. The van der Waals surface area contributed by atoms with Gasteiger partial charge in [0.25, 0.3) is 0 Å². The minimum atomic E-state index is -0.00907. The molecule has 0 aliphatic rings. The number of nitrogens with two attached hydrogens (primary N) is 1. The zero-order valence-electron chi connectivity index (χ0n) is 8.65. The van der Waals surface area contributed by atoms with Gasteiger partial charge in [-0.1, -0.05) is 20.8 Å². The molecule has 0 radical (unpaired) electrons. The maximum Gasteiger partial charge on any atom is 0.158 e. The van der Waals surface area contributed by atoms with Crippen molar-refractivity contribution in [3.63, 3.8) is 0 Å². The second-order valence-electron chi connectivity index (χ2n) is 4.40. The molecule has 0 fully saturated rings. The van der Waals surface area contributed by atoms with E-state index in [9.17, 15) is 0 Å². The first-order valence-corrected chi connectivity index (χ1v) is 4.58. The number of hydrogen-bond acceptors (Lipinski definition) is 3. The van der Waals surface area contributed by atoms with Crippen molar-refractivity contribution in [2.75, 3.05) is 5.73 Å². The SMILES string of the molecule is CC(C)(C)c1c(N)nc2cnccn12. The third kappa shape index (κ3) is 1.23. The molecule has 2 aromatic heterocycles. The molecule has 2 aromatic rings. The molecule has 4 nitrogen and oxygen atoms in total. The Morgan fingerprint density at radius 3 is 2.71 bits per heavy atom. The van der Waals surface area contributed by atoms with Crippen LogP contribution in [-0.4, -0.2) is 14.4 Å². The van der Waals surface area contributed by atoms with E-state index in [0.29, 0.717) is 5.82 Å². The Kier molecular flexibility index (Phi) is 1.74. The lowest BCUT2D eigenvalue weighted by Crippen LogP contribution is -2.16. The number of aromatic nitrogens is 3. The summed E-state index contributed by atoms with van der Waals surface area (Å²) in [6.45, 7) is 6.35. The molecule has 2 N–H and O–H groups in total. The third-order valence-corrected chi connectivity index (χ3v) is 2.17. The topological polar surface area (TPSA) is 56.2 Å². The van der Waals surface area contributed by atoms with E-state index in [-0.39, 0.29) is 5.41 Å². The van der Waals surface area contributed by atoms with Crippen molar-refractivity contribution in [2.24, 2.45) is 0 Å². The molecule has 2 heterocycles. The lowest BCUT2D eigenvalue weighted by Gasteiger charge is -2.18. The van der Waals surface area contributed by atoms with Gasteiger partial charge in [-0.2, -0.15) is 0 Å². The highest BCUT2D eigenvalue weighted by Crippen LogP contribution is 2.27. The zero-order valence-corrected chi connectivity index (χ0v) is 8.65. The summed E-state index contributed by atoms with van der Waals surface area (Å²) in [5.41, 5.74) is 7.71. The summed E-state index contributed by atoms with van der Waals surface area (Å²) < 4.78 is 1.99. The Morgan fingerprint density at radius 2 is 2.07 bits per heavy atom. The fourth-order valence-electron chi connectivity index (χ4n) is 1.67. The maximum atomic E-state index is 5.88. The highest BCUT2D eigenvalue weighted by atomic mass is 15.1. The zero-order chi connectivity index (χ0) is 10.3. The van der Waals surface area contributed by atoms with Crippen molar-refractivity contribution in [2.45, 2.75) is 26.2 Å². The quantitative estimate of drug-likeness (QED) is 0.686. The Bertz CT molecular complexity index is 464. The first kappa shape index (κ1) is 8.99. The van der Waals surface area contributed by atoms with Crippen LogP contribution in [0.3, 0.4) is 0 Å². The molecular formula is C10H14N4. The highest BCUT2D eigenvalue weighted by molar-refractivity contribution is 5.52. The Balaban J connectivity index is 2.81. The Morgan fingerprint density at radius 1 is 1.36 bits per heavy atom. The van der Waals surface area contributed by atoms with Crippen molar-refractivity contribution in [1.29, 1.82) is 0 Å². The fraction of sp³-hybridized carbons (Fsp3) is 0.400. The van der Waals surface area contributed by atoms with Gasteiger partial charge in [0, 0.05) is 17.8 Å². The lowest BCUT2D eigenvalue weighted by molar-refractivity contribution is 0.566. The first-order chi connectivity index (χ1) is 6.50. The van der Waals surface area contributed by atoms with Crippen LogP contribution in [0, 0.1) is 0 Å². The van der Waals surface area contributed by atoms with Crippen molar-refractivity contribution >= 4 is 11.5 Å². The van der Waals surface area contributed by atoms with Crippen molar-refractivity contribution in [3.8, 4) is 0 Å². The summed E-state index contributed by atoms with van der Waals surface area (Å²) in [5, 5.41) is 0. The molecule has 0 aromatic carbocycles. The lowest BCUT2D eigenvalue weighted by atomic mass is 9.92. The average Bonchev–Trinajstić information content (AvgIpc) is 2.38. The normalized spacial score (nSPS) is 12.2. The molecule has 4 heteroatoms. The summed E-state index contributed by atoms with van der Waals surface area (Å²) in [7, 11) is 0. The summed E-state index contributed by atoms with van der Waals surface area (Å²) in [6, 6.07) is 0. The number of hydrogen-bond donors (Lipinski definition) is 1. The van der Waals surface area contributed by atoms with Gasteiger partial charge in [0.1, 0.15) is 5.82 Å². The number of imidazole rings is 1. The molecule has 0 aliphatic carbocycles. The Hall–Kier alpha value is -1.58. The summed E-state index contributed by atoms with van der Waals surface area (Å²) >= 11 is 0. The maximum absolute atomic E-state index is 5.88. The smallest absolute Gasteiger partial charge is 0.158 e. The first-order valence-electron chi connectivity index (χ1n) is 4.58. The van der Waals surface area contributed by atoms with Crippen LogP contribution < -0.4 is 5.73 Å². The van der Waals surface area contributed by atoms with Gasteiger partial charge in [-0.15, -0.1) is 0 Å². The number of nitrogens with zero attached hydrogens (tertiary/aromatic N) is 3. The minimum absolute atomic E-state index is 0.00907. The van der Waals surface area contributed by atoms with E-state index in [0.717, 1.165) is 11.3 Å². The van der Waals surface area contributed by atoms with Crippen LogP contribution >= 0.6 is 0 Å². The van der Waals surface area contributed by atoms with E-state index in [1.165, 1.54) is 0 Å². The molecule has 2 rings (SSSR count). The fourth-order valence-corrected chi connectivity index (χ4v) is 1.67. The van der Waals surface area contributed by atoms with Crippen molar-refractivity contribution in [1.82, 2.24) is 14.4 Å². The monoisotopic (exact) mass is 190 g/mol. The number of fused-ring (bicyclic) bond motifs is 1. The number of anilines is 1. The van der Waals surface area contributed by atoms with Crippen LogP contribution in [0.15, 0.2) is 18.6 Å². The van der Waals surface area contributed by atoms with E-state index in [4.69, 9.17) is 5.73 Å². The molecule has 0 saturated heterocycles.